The van der Waals surface area contributed by atoms with E-state index in [1.54, 1.807) is 0 Å². The molecule has 3 rings (SSSR count). The summed E-state index contributed by atoms with van der Waals surface area (Å²) in [5.41, 5.74) is 2.90. The molecule has 1 atom stereocenters. The molecule has 0 saturated heterocycles. The van der Waals surface area contributed by atoms with E-state index < -0.39 is 15.8 Å². The Kier molecular flexibility index (Phi) is 3.43. The number of anilines is 1. The van der Waals surface area contributed by atoms with Crippen molar-refractivity contribution >= 4 is 15.7 Å². The predicted octanol–water partition coefficient (Wildman–Crippen LogP) is 2.22. The smallest absolute Gasteiger partial charge is 0.238 e. The molecule has 3 N–H and O–H groups in total. The highest BCUT2D eigenvalue weighted by Gasteiger charge is 2.25. The molecule has 0 saturated carbocycles. The number of primary sulfonamides is 1. The van der Waals surface area contributed by atoms with E-state index in [2.05, 4.69) is 17.4 Å². The summed E-state index contributed by atoms with van der Waals surface area (Å²) in [6.45, 7) is 0.614. The van der Waals surface area contributed by atoms with Gasteiger partial charge in [-0.05, 0) is 35.7 Å². The molecule has 1 aliphatic rings. The summed E-state index contributed by atoms with van der Waals surface area (Å²) < 4.78 is 36.2. The highest BCUT2D eigenvalue weighted by atomic mass is 32.2. The van der Waals surface area contributed by atoms with Gasteiger partial charge in [0.1, 0.15) is 5.82 Å². The molecule has 0 heterocycles. The first kappa shape index (κ1) is 14.0. The minimum absolute atomic E-state index is 0.223. The van der Waals surface area contributed by atoms with Crippen LogP contribution in [-0.4, -0.2) is 15.0 Å². The van der Waals surface area contributed by atoms with Crippen molar-refractivity contribution in [2.45, 2.75) is 17.2 Å². The van der Waals surface area contributed by atoms with Crippen molar-refractivity contribution in [3.63, 3.8) is 0 Å². The third kappa shape index (κ3) is 2.77. The van der Waals surface area contributed by atoms with E-state index >= 15 is 0 Å². The number of halogens is 1. The summed E-state index contributed by atoms with van der Waals surface area (Å²) in [5.74, 6) is -0.257. The minimum Gasteiger partial charge on any atom is -0.382 e. The molecular formula is C15H15FN2O2S. The standard InChI is InChI=1S/C15H15FN2O2S/c16-14-8-12(21(17,19)20)5-6-15(14)18-9-11-7-10-3-1-2-4-13(10)11/h1-6,8,11,18H,7,9H2,(H2,17,19,20). The van der Waals surface area contributed by atoms with Crippen molar-refractivity contribution in [3.05, 3.63) is 59.4 Å². The van der Waals surface area contributed by atoms with Gasteiger partial charge in [0.2, 0.25) is 10.0 Å². The maximum absolute atomic E-state index is 13.9. The first-order valence-corrected chi connectivity index (χ1v) is 8.14. The van der Waals surface area contributed by atoms with Crippen LogP contribution in [0.1, 0.15) is 17.0 Å². The van der Waals surface area contributed by atoms with Crippen LogP contribution in [-0.2, 0) is 16.4 Å². The SMILES string of the molecule is NS(=O)(=O)c1ccc(NCC2Cc3ccccc32)c(F)c1. The molecular weight excluding hydrogens is 291 g/mol. The molecule has 2 aromatic rings. The van der Waals surface area contributed by atoms with Crippen LogP contribution in [0.25, 0.3) is 0 Å². The number of hydrogen-bond acceptors (Lipinski definition) is 3. The minimum atomic E-state index is -3.87. The third-order valence-corrected chi connectivity index (χ3v) is 4.68. The Hall–Kier alpha value is -1.92. The summed E-state index contributed by atoms with van der Waals surface area (Å²) in [4.78, 5) is -0.223. The molecule has 0 spiro atoms. The van der Waals surface area contributed by atoms with Crippen LogP contribution in [0.2, 0.25) is 0 Å². The van der Waals surface area contributed by atoms with Gasteiger partial charge in [0, 0.05) is 12.5 Å². The zero-order valence-electron chi connectivity index (χ0n) is 11.2. The second-order valence-electron chi connectivity index (χ2n) is 5.17. The molecule has 0 aliphatic heterocycles. The van der Waals surface area contributed by atoms with Crippen LogP contribution in [0.5, 0.6) is 0 Å². The van der Waals surface area contributed by atoms with E-state index in [4.69, 9.17) is 5.14 Å². The van der Waals surface area contributed by atoms with Crippen molar-refractivity contribution in [2.75, 3.05) is 11.9 Å². The number of sulfonamides is 1. The molecule has 1 aliphatic carbocycles. The summed E-state index contributed by atoms with van der Waals surface area (Å²) in [6, 6.07) is 11.8. The van der Waals surface area contributed by atoms with Gasteiger partial charge in [-0.3, -0.25) is 0 Å². The quantitative estimate of drug-likeness (QED) is 0.910. The molecule has 0 radical (unpaired) electrons. The number of hydrogen-bond donors (Lipinski definition) is 2. The lowest BCUT2D eigenvalue weighted by atomic mass is 9.77. The van der Waals surface area contributed by atoms with Gasteiger partial charge >= 0.3 is 0 Å². The van der Waals surface area contributed by atoms with Gasteiger partial charge in [-0.15, -0.1) is 0 Å². The second-order valence-corrected chi connectivity index (χ2v) is 6.73. The van der Waals surface area contributed by atoms with Crippen LogP contribution in [0, 0.1) is 5.82 Å². The zero-order valence-corrected chi connectivity index (χ0v) is 12.0. The summed E-state index contributed by atoms with van der Waals surface area (Å²) in [7, 11) is -3.87. The molecule has 6 heteroatoms. The number of benzene rings is 2. The number of nitrogens with two attached hydrogens (primary N) is 1. The average molecular weight is 306 g/mol. The fraction of sp³-hybridized carbons (Fsp3) is 0.200. The zero-order chi connectivity index (χ0) is 15.0. The Bertz CT molecular complexity index is 790. The summed E-state index contributed by atoms with van der Waals surface area (Å²) in [6.07, 6.45) is 0.972. The monoisotopic (exact) mass is 306 g/mol. The van der Waals surface area contributed by atoms with Gasteiger partial charge in [0.25, 0.3) is 0 Å². The predicted molar refractivity (Wildman–Crippen MR) is 79.1 cm³/mol. The fourth-order valence-corrected chi connectivity index (χ4v) is 3.12. The lowest BCUT2D eigenvalue weighted by Gasteiger charge is -2.30. The summed E-state index contributed by atoms with van der Waals surface area (Å²) >= 11 is 0. The molecule has 4 nitrogen and oxygen atoms in total. The molecule has 2 aromatic carbocycles. The molecule has 21 heavy (non-hydrogen) atoms. The van der Waals surface area contributed by atoms with Gasteiger partial charge in [0.05, 0.1) is 10.6 Å². The largest absolute Gasteiger partial charge is 0.382 e. The van der Waals surface area contributed by atoms with E-state index in [9.17, 15) is 12.8 Å². The van der Waals surface area contributed by atoms with Crippen molar-refractivity contribution in [1.82, 2.24) is 0 Å². The van der Waals surface area contributed by atoms with E-state index in [0.29, 0.717) is 12.5 Å². The van der Waals surface area contributed by atoms with E-state index in [1.165, 1.54) is 23.3 Å². The Morgan fingerprint density at radius 2 is 2.00 bits per heavy atom. The second kappa shape index (κ2) is 5.13. The molecule has 0 amide bonds. The molecule has 0 fully saturated rings. The molecule has 1 unspecified atom stereocenters. The first-order valence-electron chi connectivity index (χ1n) is 6.59. The third-order valence-electron chi connectivity index (χ3n) is 3.77. The molecule has 0 aromatic heterocycles. The van der Waals surface area contributed by atoms with Crippen LogP contribution in [0.15, 0.2) is 47.4 Å². The Morgan fingerprint density at radius 1 is 1.24 bits per heavy atom. The van der Waals surface area contributed by atoms with Crippen LogP contribution in [0.4, 0.5) is 10.1 Å². The lowest BCUT2D eigenvalue weighted by Crippen LogP contribution is -2.24. The Morgan fingerprint density at radius 3 is 2.67 bits per heavy atom. The Balaban J connectivity index is 1.70. The maximum Gasteiger partial charge on any atom is 0.238 e. The van der Waals surface area contributed by atoms with Crippen molar-refractivity contribution in [3.8, 4) is 0 Å². The van der Waals surface area contributed by atoms with Crippen molar-refractivity contribution in [2.24, 2.45) is 5.14 Å². The van der Waals surface area contributed by atoms with Crippen LogP contribution < -0.4 is 10.5 Å². The molecule has 110 valence electrons. The number of rotatable bonds is 4. The molecule has 0 bridgehead atoms. The topological polar surface area (TPSA) is 72.2 Å². The van der Waals surface area contributed by atoms with Crippen molar-refractivity contribution in [1.29, 1.82) is 0 Å². The van der Waals surface area contributed by atoms with Gasteiger partial charge in [-0.2, -0.15) is 0 Å². The maximum atomic E-state index is 13.9. The van der Waals surface area contributed by atoms with E-state index in [0.717, 1.165) is 12.5 Å². The van der Waals surface area contributed by atoms with E-state index in [-0.39, 0.29) is 10.6 Å². The van der Waals surface area contributed by atoms with Crippen LogP contribution in [0.3, 0.4) is 0 Å². The lowest BCUT2D eigenvalue weighted by molar-refractivity contribution is 0.591. The van der Waals surface area contributed by atoms with Crippen LogP contribution >= 0.6 is 0 Å². The number of nitrogens with one attached hydrogen (secondary N) is 1. The highest BCUT2D eigenvalue weighted by molar-refractivity contribution is 7.89. The van der Waals surface area contributed by atoms with Gasteiger partial charge in [-0.25, -0.2) is 17.9 Å². The average Bonchev–Trinajstić information content (AvgIpc) is 2.40. The summed E-state index contributed by atoms with van der Waals surface area (Å²) in [5, 5.41) is 7.99. The fourth-order valence-electron chi connectivity index (χ4n) is 2.59. The number of fused-ring (bicyclic) bond motifs is 1. The Labute approximate surface area is 122 Å². The highest BCUT2D eigenvalue weighted by Crippen LogP contribution is 2.35. The van der Waals surface area contributed by atoms with Crippen molar-refractivity contribution < 1.29 is 12.8 Å². The first-order chi connectivity index (χ1) is 9.95. The van der Waals surface area contributed by atoms with Gasteiger partial charge in [0.15, 0.2) is 0 Å². The van der Waals surface area contributed by atoms with Gasteiger partial charge in [-0.1, -0.05) is 24.3 Å². The van der Waals surface area contributed by atoms with Gasteiger partial charge < -0.3 is 5.32 Å². The van der Waals surface area contributed by atoms with E-state index in [1.807, 2.05) is 12.1 Å². The normalized spacial score (nSPS) is 17.0.